The molecule has 0 bridgehead atoms. The van der Waals surface area contributed by atoms with Crippen molar-refractivity contribution in [1.29, 1.82) is 0 Å². The van der Waals surface area contributed by atoms with Gasteiger partial charge in [-0.25, -0.2) is 0 Å². The standard InChI is InChI=1S/C25H20ClNO5/c26-17-12-6-5-11-16(17)20-18-19(24(31)27(23(18)30)13-7-1-2-8-13)25(32-20)21(28)14-9-3-4-10-15(14)22(25)29/h3-6,9-13,18-20H,1-2,7-8H2/t18-,19-,20+/m0/s1. The van der Waals surface area contributed by atoms with Gasteiger partial charge in [0.15, 0.2) is 0 Å². The average Bonchev–Trinajstić information content (AvgIpc) is 3.53. The molecule has 32 heavy (non-hydrogen) atoms. The summed E-state index contributed by atoms with van der Waals surface area (Å²) in [6, 6.07) is 13.2. The lowest BCUT2D eigenvalue weighted by atomic mass is 9.77. The van der Waals surface area contributed by atoms with Crippen molar-refractivity contribution in [2.75, 3.05) is 0 Å². The largest absolute Gasteiger partial charge is 0.349 e. The lowest BCUT2D eigenvalue weighted by Gasteiger charge is -2.29. The van der Waals surface area contributed by atoms with Crippen LogP contribution in [-0.2, 0) is 14.3 Å². The Kier molecular flexibility index (Phi) is 4.23. The highest BCUT2D eigenvalue weighted by Gasteiger charge is 2.75. The Hall–Kier alpha value is -2.83. The van der Waals surface area contributed by atoms with E-state index in [-0.39, 0.29) is 23.1 Å². The minimum absolute atomic E-state index is 0.196. The van der Waals surface area contributed by atoms with Crippen molar-refractivity contribution in [2.45, 2.75) is 43.4 Å². The average molecular weight is 450 g/mol. The lowest BCUT2D eigenvalue weighted by molar-refractivity contribution is -0.147. The third-order valence-corrected chi connectivity index (χ3v) is 7.80. The molecule has 1 saturated carbocycles. The quantitative estimate of drug-likeness (QED) is 0.515. The van der Waals surface area contributed by atoms with Crippen molar-refractivity contribution in [3.05, 3.63) is 70.2 Å². The molecule has 0 N–H and O–H groups in total. The van der Waals surface area contributed by atoms with Gasteiger partial charge in [0.05, 0.1) is 17.9 Å². The zero-order chi connectivity index (χ0) is 22.2. The predicted molar refractivity (Wildman–Crippen MR) is 114 cm³/mol. The Bertz CT molecular complexity index is 1170. The van der Waals surface area contributed by atoms with Gasteiger partial charge >= 0.3 is 0 Å². The molecule has 0 unspecified atom stereocenters. The highest BCUT2D eigenvalue weighted by Crippen LogP contribution is 2.58. The molecule has 1 spiro atoms. The number of likely N-dealkylation sites (tertiary alicyclic amines) is 1. The second-order valence-electron chi connectivity index (χ2n) is 8.99. The van der Waals surface area contributed by atoms with Crippen molar-refractivity contribution in [3.63, 3.8) is 0 Å². The van der Waals surface area contributed by atoms with Gasteiger partial charge in [0.1, 0.15) is 0 Å². The third kappa shape index (κ3) is 2.34. The summed E-state index contributed by atoms with van der Waals surface area (Å²) >= 11 is 6.44. The number of rotatable bonds is 2. The maximum Gasteiger partial charge on any atom is 0.237 e. The first kappa shape index (κ1) is 19.8. The Balaban J connectivity index is 1.54. The van der Waals surface area contributed by atoms with Crippen LogP contribution in [0.3, 0.4) is 0 Å². The van der Waals surface area contributed by atoms with E-state index in [0.717, 1.165) is 25.7 Å². The molecule has 162 valence electrons. The highest BCUT2D eigenvalue weighted by molar-refractivity contribution is 6.35. The SMILES string of the molecule is O=C1[C@@H]2[C@@H](c3ccccc3Cl)OC3(C(=O)c4ccccc4C3=O)[C@@H]2C(=O)N1C1CCCC1. The van der Waals surface area contributed by atoms with Gasteiger partial charge in [0.2, 0.25) is 29.0 Å². The molecule has 2 aromatic carbocycles. The van der Waals surface area contributed by atoms with Gasteiger partial charge in [-0.05, 0) is 18.9 Å². The Morgan fingerprint density at radius 1 is 0.844 bits per heavy atom. The minimum Gasteiger partial charge on any atom is -0.349 e. The zero-order valence-electron chi connectivity index (χ0n) is 17.1. The molecule has 2 aromatic rings. The van der Waals surface area contributed by atoms with E-state index < -0.39 is 41.0 Å². The van der Waals surface area contributed by atoms with Crippen LogP contribution in [-0.4, -0.2) is 39.9 Å². The summed E-state index contributed by atoms with van der Waals surface area (Å²) in [7, 11) is 0. The van der Waals surface area contributed by atoms with Crippen molar-refractivity contribution >= 4 is 35.0 Å². The third-order valence-electron chi connectivity index (χ3n) is 7.45. The molecule has 2 aliphatic carbocycles. The highest BCUT2D eigenvalue weighted by atomic mass is 35.5. The number of hydrogen-bond donors (Lipinski definition) is 0. The summed E-state index contributed by atoms with van der Waals surface area (Å²) in [5.41, 5.74) is -1.06. The normalized spacial score (nSPS) is 28.8. The maximum atomic E-state index is 13.7. The summed E-state index contributed by atoms with van der Waals surface area (Å²) < 4.78 is 6.25. The number of ketones is 2. The van der Waals surface area contributed by atoms with E-state index in [1.165, 1.54) is 4.90 Å². The molecule has 2 aliphatic heterocycles. The van der Waals surface area contributed by atoms with Crippen LogP contribution in [0.1, 0.15) is 58.1 Å². The second kappa shape index (κ2) is 6.83. The molecular formula is C25H20ClNO5. The number of fused-ring (bicyclic) bond motifs is 3. The fourth-order valence-corrected chi connectivity index (χ4v) is 6.29. The number of Topliss-reactive ketones (excluding diaryl/α,β-unsaturated/α-hetero) is 2. The topological polar surface area (TPSA) is 80.8 Å². The van der Waals surface area contributed by atoms with Gasteiger partial charge in [-0.15, -0.1) is 0 Å². The molecule has 7 heteroatoms. The Morgan fingerprint density at radius 2 is 1.44 bits per heavy atom. The van der Waals surface area contributed by atoms with Crippen LogP contribution in [0.4, 0.5) is 0 Å². The number of halogens is 1. The molecular weight excluding hydrogens is 430 g/mol. The minimum atomic E-state index is -2.03. The number of hydrogen-bond acceptors (Lipinski definition) is 5. The monoisotopic (exact) mass is 449 g/mol. The number of carbonyl (C=O) groups excluding carboxylic acids is 4. The lowest BCUT2D eigenvalue weighted by Crippen LogP contribution is -2.51. The van der Waals surface area contributed by atoms with E-state index in [4.69, 9.17) is 16.3 Å². The van der Waals surface area contributed by atoms with Gasteiger partial charge in [-0.2, -0.15) is 0 Å². The molecule has 0 radical (unpaired) electrons. The molecule has 2 heterocycles. The van der Waals surface area contributed by atoms with Crippen molar-refractivity contribution in [3.8, 4) is 0 Å². The van der Waals surface area contributed by atoms with Gasteiger partial charge < -0.3 is 4.74 Å². The Morgan fingerprint density at radius 3 is 2.06 bits per heavy atom. The Labute approximate surface area is 189 Å². The van der Waals surface area contributed by atoms with Crippen LogP contribution >= 0.6 is 11.6 Å². The van der Waals surface area contributed by atoms with E-state index in [1.54, 1.807) is 48.5 Å². The van der Waals surface area contributed by atoms with Crippen LogP contribution < -0.4 is 0 Å². The van der Waals surface area contributed by atoms with Crippen molar-refractivity contribution in [1.82, 2.24) is 4.90 Å². The molecule has 3 atom stereocenters. The predicted octanol–water partition coefficient (Wildman–Crippen LogP) is 3.77. The summed E-state index contributed by atoms with van der Waals surface area (Å²) in [4.78, 5) is 56.0. The van der Waals surface area contributed by atoms with E-state index in [9.17, 15) is 19.2 Å². The maximum absolute atomic E-state index is 13.7. The van der Waals surface area contributed by atoms with Crippen LogP contribution in [0.5, 0.6) is 0 Å². The van der Waals surface area contributed by atoms with Gasteiger partial charge in [0.25, 0.3) is 0 Å². The summed E-state index contributed by atoms with van der Waals surface area (Å²) in [5.74, 6) is -4.09. The van der Waals surface area contributed by atoms with Crippen LogP contribution in [0.2, 0.25) is 5.02 Å². The summed E-state index contributed by atoms with van der Waals surface area (Å²) in [5, 5.41) is 0.364. The second-order valence-corrected chi connectivity index (χ2v) is 9.39. The number of carbonyl (C=O) groups is 4. The molecule has 6 nitrogen and oxygen atoms in total. The fraction of sp³-hybridized carbons (Fsp3) is 0.360. The van der Waals surface area contributed by atoms with Crippen molar-refractivity contribution in [2.24, 2.45) is 11.8 Å². The first-order valence-corrected chi connectivity index (χ1v) is 11.3. The molecule has 6 rings (SSSR count). The molecule has 2 saturated heterocycles. The van der Waals surface area contributed by atoms with Crippen LogP contribution in [0.15, 0.2) is 48.5 Å². The number of amides is 2. The van der Waals surface area contributed by atoms with E-state index in [1.807, 2.05) is 0 Å². The van der Waals surface area contributed by atoms with Gasteiger partial charge in [-0.3, -0.25) is 24.1 Å². The zero-order valence-corrected chi connectivity index (χ0v) is 17.9. The molecule has 0 aromatic heterocycles. The number of nitrogens with zero attached hydrogens (tertiary/aromatic N) is 1. The van der Waals surface area contributed by atoms with Gasteiger partial charge in [0, 0.05) is 27.8 Å². The number of imide groups is 1. The first-order chi connectivity index (χ1) is 15.5. The van der Waals surface area contributed by atoms with E-state index >= 15 is 0 Å². The summed E-state index contributed by atoms with van der Waals surface area (Å²) in [6.07, 6.45) is 2.40. The molecule has 2 amide bonds. The van der Waals surface area contributed by atoms with Crippen molar-refractivity contribution < 1.29 is 23.9 Å². The van der Waals surface area contributed by atoms with Crippen LogP contribution in [0.25, 0.3) is 0 Å². The first-order valence-electron chi connectivity index (χ1n) is 10.9. The van der Waals surface area contributed by atoms with E-state index in [0.29, 0.717) is 10.6 Å². The van der Waals surface area contributed by atoms with Crippen LogP contribution in [0, 0.1) is 11.8 Å². The van der Waals surface area contributed by atoms with E-state index in [2.05, 4.69) is 0 Å². The smallest absolute Gasteiger partial charge is 0.237 e. The fourth-order valence-electron chi connectivity index (χ4n) is 6.05. The number of benzene rings is 2. The number of ether oxygens (including phenoxy) is 1. The van der Waals surface area contributed by atoms with Gasteiger partial charge in [-0.1, -0.05) is 66.9 Å². The summed E-state index contributed by atoms with van der Waals surface area (Å²) in [6.45, 7) is 0. The molecule has 3 fully saturated rings. The molecule has 4 aliphatic rings.